The van der Waals surface area contributed by atoms with Crippen molar-refractivity contribution >= 4 is 17.8 Å². The Labute approximate surface area is 115 Å². The molecule has 0 saturated heterocycles. The third-order valence-electron chi connectivity index (χ3n) is 3.09. The summed E-state index contributed by atoms with van der Waals surface area (Å²) in [6, 6.07) is 0.218. The number of thioether (sulfide) groups is 1. The number of carbonyl (C=O) groups is 1. The topological polar surface area (TPSA) is 52.6 Å². The van der Waals surface area contributed by atoms with Gasteiger partial charge in [-0.3, -0.25) is 0 Å². The fourth-order valence-electron chi connectivity index (χ4n) is 2.40. The highest BCUT2D eigenvalue weighted by Gasteiger charge is 2.27. The summed E-state index contributed by atoms with van der Waals surface area (Å²) in [5, 5.41) is 13.4. The van der Waals surface area contributed by atoms with E-state index in [0.717, 1.165) is 18.6 Å². The van der Waals surface area contributed by atoms with Gasteiger partial charge in [-0.2, -0.15) is 11.8 Å². The number of carbonyl (C=O) groups excluding carboxylic acids is 1. The van der Waals surface area contributed by atoms with Crippen molar-refractivity contribution in [1.82, 2.24) is 10.2 Å². The van der Waals surface area contributed by atoms with E-state index in [0.29, 0.717) is 17.8 Å². The number of amides is 2. The molecule has 1 saturated carbocycles. The lowest BCUT2D eigenvalue weighted by Crippen LogP contribution is -2.47. The molecule has 1 aliphatic rings. The van der Waals surface area contributed by atoms with Crippen LogP contribution >= 0.6 is 11.8 Å². The highest BCUT2D eigenvalue weighted by atomic mass is 32.2. The second-order valence-corrected chi connectivity index (χ2v) is 7.28. The minimum absolute atomic E-state index is 0.0794. The fraction of sp³-hybridized carbons (Fsp3) is 0.923. The highest BCUT2D eigenvalue weighted by Crippen LogP contribution is 2.29. The smallest absolute Gasteiger partial charge is 0.317 e. The molecule has 1 aliphatic carbocycles. The van der Waals surface area contributed by atoms with Gasteiger partial charge >= 0.3 is 6.03 Å². The molecule has 1 rings (SSSR count). The van der Waals surface area contributed by atoms with Crippen molar-refractivity contribution in [2.24, 2.45) is 0 Å². The Morgan fingerprint density at radius 3 is 2.72 bits per heavy atom. The monoisotopic (exact) mass is 274 g/mol. The van der Waals surface area contributed by atoms with E-state index >= 15 is 0 Å². The molecule has 0 aromatic carbocycles. The standard InChI is InChI=1S/C13H26N2O2S/c1-5-18-11-7-6-10(8-11)14-12(16)15(4)9-13(2,3)17/h10-11,17H,5-9H2,1-4H3,(H,14,16). The minimum Gasteiger partial charge on any atom is -0.389 e. The van der Waals surface area contributed by atoms with Crippen molar-refractivity contribution in [3.8, 4) is 0 Å². The molecule has 0 aliphatic heterocycles. The zero-order chi connectivity index (χ0) is 13.8. The molecule has 0 aromatic rings. The van der Waals surface area contributed by atoms with Gasteiger partial charge in [-0.1, -0.05) is 6.92 Å². The molecule has 0 spiro atoms. The Kier molecular flexibility index (Phi) is 5.79. The van der Waals surface area contributed by atoms with Crippen molar-refractivity contribution in [3.63, 3.8) is 0 Å². The van der Waals surface area contributed by atoms with Crippen LogP contribution in [-0.4, -0.2) is 52.3 Å². The van der Waals surface area contributed by atoms with Crippen molar-refractivity contribution in [2.45, 2.75) is 56.9 Å². The van der Waals surface area contributed by atoms with Gasteiger partial charge < -0.3 is 15.3 Å². The van der Waals surface area contributed by atoms with Crippen LogP contribution in [0, 0.1) is 0 Å². The van der Waals surface area contributed by atoms with Crippen LogP contribution in [-0.2, 0) is 0 Å². The van der Waals surface area contributed by atoms with E-state index in [9.17, 15) is 9.90 Å². The quantitative estimate of drug-likeness (QED) is 0.807. The van der Waals surface area contributed by atoms with Gasteiger partial charge in [-0.15, -0.1) is 0 Å². The summed E-state index contributed by atoms with van der Waals surface area (Å²) in [5.74, 6) is 1.14. The molecule has 4 nitrogen and oxygen atoms in total. The maximum atomic E-state index is 11.9. The zero-order valence-corrected chi connectivity index (χ0v) is 12.7. The first kappa shape index (κ1) is 15.6. The Morgan fingerprint density at radius 1 is 1.50 bits per heavy atom. The molecule has 18 heavy (non-hydrogen) atoms. The molecule has 2 N–H and O–H groups in total. The molecule has 5 heteroatoms. The first-order chi connectivity index (χ1) is 8.31. The van der Waals surface area contributed by atoms with E-state index in [-0.39, 0.29) is 6.03 Å². The summed E-state index contributed by atoms with van der Waals surface area (Å²) in [4.78, 5) is 13.5. The largest absolute Gasteiger partial charge is 0.389 e. The Bertz CT molecular complexity index is 279. The number of aliphatic hydroxyl groups is 1. The van der Waals surface area contributed by atoms with E-state index in [1.807, 2.05) is 11.8 Å². The number of hydrogen-bond acceptors (Lipinski definition) is 3. The fourth-order valence-corrected chi connectivity index (χ4v) is 3.54. The van der Waals surface area contributed by atoms with Crippen LogP contribution in [0.5, 0.6) is 0 Å². The normalized spacial score (nSPS) is 24.1. The third kappa shape index (κ3) is 5.48. The van der Waals surface area contributed by atoms with Crippen LogP contribution in [0.25, 0.3) is 0 Å². The maximum absolute atomic E-state index is 11.9. The number of rotatable bonds is 5. The maximum Gasteiger partial charge on any atom is 0.317 e. The summed E-state index contributed by atoms with van der Waals surface area (Å²) in [6.07, 6.45) is 3.33. The molecule has 2 amide bonds. The van der Waals surface area contributed by atoms with E-state index in [2.05, 4.69) is 12.2 Å². The lowest BCUT2D eigenvalue weighted by Gasteiger charge is -2.27. The van der Waals surface area contributed by atoms with Crippen molar-refractivity contribution < 1.29 is 9.90 Å². The second-order valence-electron chi connectivity index (χ2n) is 5.71. The van der Waals surface area contributed by atoms with Gasteiger partial charge in [0.05, 0.1) is 12.1 Å². The molecular formula is C13H26N2O2S. The Balaban J connectivity index is 2.32. The van der Waals surface area contributed by atoms with Crippen LogP contribution in [0.2, 0.25) is 0 Å². The first-order valence-electron chi connectivity index (χ1n) is 6.67. The van der Waals surface area contributed by atoms with Crippen LogP contribution in [0.15, 0.2) is 0 Å². The zero-order valence-electron chi connectivity index (χ0n) is 11.9. The molecule has 2 unspecified atom stereocenters. The predicted octanol–water partition coefficient (Wildman–Crippen LogP) is 2.07. The summed E-state index contributed by atoms with van der Waals surface area (Å²) < 4.78 is 0. The minimum atomic E-state index is -0.845. The lowest BCUT2D eigenvalue weighted by molar-refractivity contribution is 0.0528. The van der Waals surface area contributed by atoms with Crippen LogP contribution in [0.3, 0.4) is 0 Å². The van der Waals surface area contributed by atoms with Gasteiger partial charge in [0.25, 0.3) is 0 Å². The van der Waals surface area contributed by atoms with Crippen LogP contribution in [0.1, 0.15) is 40.0 Å². The molecular weight excluding hydrogens is 248 g/mol. The SMILES string of the molecule is CCSC1CCC(NC(=O)N(C)CC(C)(C)O)C1. The lowest BCUT2D eigenvalue weighted by atomic mass is 10.1. The van der Waals surface area contributed by atoms with Gasteiger partial charge in [0.15, 0.2) is 0 Å². The average molecular weight is 274 g/mol. The first-order valence-corrected chi connectivity index (χ1v) is 7.72. The van der Waals surface area contributed by atoms with E-state index in [4.69, 9.17) is 0 Å². The number of nitrogens with zero attached hydrogens (tertiary/aromatic N) is 1. The molecule has 0 heterocycles. The van der Waals surface area contributed by atoms with Crippen LogP contribution < -0.4 is 5.32 Å². The molecule has 0 radical (unpaired) electrons. The Hall–Kier alpha value is -0.420. The van der Waals surface area contributed by atoms with Gasteiger partial charge in [0, 0.05) is 18.3 Å². The highest BCUT2D eigenvalue weighted by molar-refractivity contribution is 7.99. The van der Waals surface area contributed by atoms with Gasteiger partial charge in [0.1, 0.15) is 0 Å². The van der Waals surface area contributed by atoms with Crippen LogP contribution in [0.4, 0.5) is 4.79 Å². The van der Waals surface area contributed by atoms with E-state index in [1.165, 1.54) is 6.42 Å². The number of nitrogens with one attached hydrogen (secondary N) is 1. The summed E-state index contributed by atoms with van der Waals surface area (Å²) >= 11 is 1.98. The molecule has 1 fully saturated rings. The number of likely N-dealkylation sites (N-methyl/N-ethyl adjacent to an activating group) is 1. The second kappa shape index (κ2) is 6.66. The van der Waals surface area contributed by atoms with Crippen molar-refractivity contribution in [2.75, 3.05) is 19.3 Å². The summed E-state index contributed by atoms with van der Waals surface area (Å²) in [7, 11) is 1.72. The molecule has 0 bridgehead atoms. The number of hydrogen-bond donors (Lipinski definition) is 2. The van der Waals surface area contributed by atoms with E-state index < -0.39 is 5.60 Å². The average Bonchev–Trinajstić information content (AvgIpc) is 2.63. The molecule has 106 valence electrons. The summed E-state index contributed by atoms with van der Waals surface area (Å²) in [5.41, 5.74) is -0.845. The predicted molar refractivity (Wildman–Crippen MR) is 77.0 cm³/mol. The van der Waals surface area contributed by atoms with Gasteiger partial charge in [-0.25, -0.2) is 4.79 Å². The molecule has 0 aromatic heterocycles. The van der Waals surface area contributed by atoms with Crippen molar-refractivity contribution in [3.05, 3.63) is 0 Å². The summed E-state index contributed by atoms with van der Waals surface area (Å²) in [6.45, 7) is 5.94. The van der Waals surface area contributed by atoms with E-state index in [1.54, 1.807) is 25.8 Å². The molecule has 2 atom stereocenters. The number of urea groups is 1. The van der Waals surface area contributed by atoms with Gasteiger partial charge in [-0.05, 0) is 38.9 Å². The van der Waals surface area contributed by atoms with Crippen molar-refractivity contribution in [1.29, 1.82) is 0 Å². The Morgan fingerprint density at radius 2 is 2.17 bits per heavy atom. The third-order valence-corrected chi connectivity index (χ3v) is 4.32. The van der Waals surface area contributed by atoms with Gasteiger partial charge in [0.2, 0.25) is 0 Å².